The maximum Gasteiger partial charge on any atom is 0.390 e. The molecule has 0 saturated carbocycles. The summed E-state index contributed by atoms with van der Waals surface area (Å²) < 4.78 is 36.5. The molecule has 0 aliphatic heterocycles. The van der Waals surface area contributed by atoms with Crippen molar-refractivity contribution in [3.8, 4) is 11.8 Å². The van der Waals surface area contributed by atoms with Crippen LogP contribution >= 0.6 is 0 Å². The Labute approximate surface area is 121 Å². The van der Waals surface area contributed by atoms with E-state index >= 15 is 0 Å². The van der Waals surface area contributed by atoms with E-state index in [2.05, 4.69) is 11.8 Å². The fourth-order valence-electron chi connectivity index (χ4n) is 1.75. The molecule has 1 amide bonds. The number of hydrogen-bond acceptors (Lipinski definition) is 2. The van der Waals surface area contributed by atoms with Crippen molar-refractivity contribution < 1.29 is 18.0 Å². The smallest absolute Gasteiger partial charge is 0.341 e. The third-order valence-electron chi connectivity index (χ3n) is 2.74. The number of hydrogen-bond donors (Lipinski definition) is 1. The summed E-state index contributed by atoms with van der Waals surface area (Å²) in [6, 6.07) is 4.97. The van der Waals surface area contributed by atoms with Crippen molar-refractivity contribution in [2.24, 2.45) is 5.73 Å². The Kier molecular flexibility index (Phi) is 5.79. The Hall–Kier alpha value is -2.00. The number of carbonyl (C=O) groups is 1. The zero-order valence-corrected chi connectivity index (χ0v) is 11.9. The van der Waals surface area contributed by atoms with Crippen molar-refractivity contribution in [1.82, 2.24) is 4.90 Å². The Morgan fingerprint density at radius 2 is 2.00 bits per heavy atom. The van der Waals surface area contributed by atoms with Crippen molar-refractivity contribution in [3.63, 3.8) is 0 Å². The lowest BCUT2D eigenvalue weighted by Gasteiger charge is -2.18. The van der Waals surface area contributed by atoms with Crippen LogP contribution in [0.4, 0.5) is 13.2 Å². The number of alkyl halides is 3. The fraction of sp³-hybridized carbons (Fsp3) is 0.400. The van der Waals surface area contributed by atoms with Crippen LogP contribution < -0.4 is 5.73 Å². The van der Waals surface area contributed by atoms with Crippen LogP contribution in [0.15, 0.2) is 18.2 Å². The van der Waals surface area contributed by atoms with Crippen LogP contribution in [0.2, 0.25) is 0 Å². The number of halogens is 3. The first-order chi connectivity index (χ1) is 9.73. The standard InChI is InChI=1S/C15H17F3N2O/c1-11-8-12(4-3-6-19)10-13(9-11)14(21)20(2)7-5-15(16,17)18/h8-10H,5-7,19H2,1-2H3. The lowest BCUT2D eigenvalue weighted by atomic mass is 10.1. The quantitative estimate of drug-likeness (QED) is 0.871. The van der Waals surface area contributed by atoms with Gasteiger partial charge in [-0.1, -0.05) is 11.8 Å². The van der Waals surface area contributed by atoms with Gasteiger partial charge >= 0.3 is 6.18 Å². The van der Waals surface area contributed by atoms with E-state index in [0.29, 0.717) is 11.1 Å². The molecule has 21 heavy (non-hydrogen) atoms. The minimum absolute atomic E-state index is 0.197. The van der Waals surface area contributed by atoms with Crippen molar-refractivity contribution in [3.05, 3.63) is 34.9 Å². The molecule has 114 valence electrons. The molecule has 0 bridgehead atoms. The number of benzene rings is 1. The normalized spacial score (nSPS) is 10.8. The summed E-state index contributed by atoms with van der Waals surface area (Å²) in [5, 5.41) is 0. The van der Waals surface area contributed by atoms with Gasteiger partial charge in [-0.25, -0.2) is 0 Å². The second-order valence-corrected chi connectivity index (χ2v) is 4.69. The number of amides is 1. The molecule has 0 aromatic heterocycles. The average molecular weight is 298 g/mol. The fourth-order valence-corrected chi connectivity index (χ4v) is 1.75. The van der Waals surface area contributed by atoms with Gasteiger partial charge in [-0.2, -0.15) is 13.2 Å². The highest BCUT2D eigenvalue weighted by atomic mass is 19.4. The molecule has 0 aliphatic carbocycles. The first-order valence-corrected chi connectivity index (χ1v) is 6.36. The van der Waals surface area contributed by atoms with Crippen LogP contribution in [-0.2, 0) is 0 Å². The van der Waals surface area contributed by atoms with E-state index in [1.165, 1.54) is 7.05 Å². The summed E-state index contributed by atoms with van der Waals surface area (Å²) in [7, 11) is 1.35. The molecule has 0 spiro atoms. The van der Waals surface area contributed by atoms with Gasteiger partial charge in [0, 0.05) is 24.7 Å². The van der Waals surface area contributed by atoms with Gasteiger partial charge in [0.1, 0.15) is 0 Å². The number of nitrogens with zero attached hydrogens (tertiary/aromatic N) is 1. The minimum Gasteiger partial charge on any atom is -0.341 e. The third-order valence-corrected chi connectivity index (χ3v) is 2.74. The molecule has 0 heterocycles. The van der Waals surface area contributed by atoms with Crippen LogP contribution in [0.5, 0.6) is 0 Å². The molecular weight excluding hydrogens is 281 g/mol. The summed E-state index contributed by atoms with van der Waals surface area (Å²) in [4.78, 5) is 13.2. The molecule has 0 aliphatic rings. The molecule has 0 radical (unpaired) electrons. The number of aryl methyl sites for hydroxylation is 1. The Bertz CT molecular complexity index is 571. The lowest BCUT2D eigenvalue weighted by molar-refractivity contribution is -0.136. The summed E-state index contributed by atoms with van der Waals surface area (Å²) in [6.45, 7) is 1.61. The van der Waals surface area contributed by atoms with Crippen LogP contribution in [0, 0.1) is 18.8 Å². The summed E-state index contributed by atoms with van der Waals surface area (Å²) in [5.41, 5.74) is 7.04. The minimum atomic E-state index is -4.28. The molecule has 1 aromatic rings. The van der Waals surface area contributed by atoms with E-state index in [1.54, 1.807) is 25.1 Å². The van der Waals surface area contributed by atoms with Gasteiger partial charge in [0.05, 0.1) is 13.0 Å². The molecule has 0 saturated heterocycles. The largest absolute Gasteiger partial charge is 0.390 e. The highest BCUT2D eigenvalue weighted by Gasteiger charge is 2.28. The van der Waals surface area contributed by atoms with Crippen molar-refractivity contribution in [2.75, 3.05) is 20.1 Å². The summed E-state index contributed by atoms with van der Waals surface area (Å²) in [5.74, 6) is 5.03. The van der Waals surface area contributed by atoms with Crippen LogP contribution in [0.3, 0.4) is 0 Å². The Morgan fingerprint density at radius 1 is 1.33 bits per heavy atom. The maximum absolute atomic E-state index is 12.2. The molecule has 0 atom stereocenters. The van der Waals surface area contributed by atoms with Gasteiger partial charge in [-0.3, -0.25) is 4.79 Å². The molecule has 1 rings (SSSR count). The second kappa shape index (κ2) is 7.14. The summed E-state index contributed by atoms with van der Waals surface area (Å²) >= 11 is 0. The predicted octanol–water partition coefficient (Wildman–Crippen LogP) is 2.33. The van der Waals surface area contributed by atoms with Gasteiger partial charge in [-0.15, -0.1) is 0 Å². The zero-order chi connectivity index (χ0) is 16.0. The zero-order valence-electron chi connectivity index (χ0n) is 11.9. The molecule has 2 N–H and O–H groups in total. The van der Waals surface area contributed by atoms with Gasteiger partial charge in [0.15, 0.2) is 0 Å². The molecule has 1 aromatic carbocycles. The van der Waals surface area contributed by atoms with Crippen molar-refractivity contribution in [1.29, 1.82) is 0 Å². The Balaban J connectivity index is 2.89. The van der Waals surface area contributed by atoms with E-state index in [-0.39, 0.29) is 13.1 Å². The van der Waals surface area contributed by atoms with Crippen molar-refractivity contribution in [2.45, 2.75) is 19.5 Å². The number of rotatable bonds is 3. The van der Waals surface area contributed by atoms with Gasteiger partial charge in [0.2, 0.25) is 0 Å². The highest BCUT2D eigenvalue weighted by Crippen LogP contribution is 2.20. The van der Waals surface area contributed by atoms with Crippen LogP contribution in [0.25, 0.3) is 0 Å². The van der Waals surface area contributed by atoms with E-state index in [9.17, 15) is 18.0 Å². The first-order valence-electron chi connectivity index (χ1n) is 6.36. The van der Waals surface area contributed by atoms with Crippen LogP contribution in [0.1, 0.15) is 27.9 Å². The van der Waals surface area contributed by atoms with Crippen LogP contribution in [-0.4, -0.2) is 37.1 Å². The third kappa shape index (κ3) is 5.88. The van der Waals surface area contributed by atoms with E-state index in [1.807, 2.05) is 0 Å². The average Bonchev–Trinajstić information content (AvgIpc) is 2.40. The van der Waals surface area contributed by atoms with E-state index < -0.39 is 18.5 Å². The molecule has 6 heteroatoms. The first kappa shape index (κ1) is 17.1. The van der Waals surface area contributed by atoms with Gasteiger partial charge < -0.3 is 10.6 Å². The SMILES string of the molecule is Cc1cc(C#CCN)cc(C(=O)N(C)CCC(F)(F)F)c1. The number of carbonyl (C=O) groups excluding carboxylic acids is 1. The molecule has 0 fully saturated rings. The topological polar surface area (TPSA) is 46.3 Å². The lowest BCUT2D eigenvalue weighted by Crippen LogP contribution is -2.30. The van der Waals surface area contributed by atoms with Gasteiger partial charge in [-0.05, 0) is 30.7 Å². The van der Waals surface area contributed by atoms with Gasteiger partial charge in [0.25, 0.3) is 5.91 Å². The van der Waals surface area contributed by atoms with Crippen molar-refractivity contribution >= 4 is 5.91 Å². The second-order valence-electron chi connectivity index (χ2n) is 4.69. The summed E-state index contributed by atoms with van der Waals surface area (Å²) in [6.07, 6.45) is -5.31. The van der Waals surface area contributed by atoms with E-state index in [0.717, 1.165) is 10.5 Å². The predicted molar refractivity (Wildman–Crippen MR) is 74.7 cm³/mol. The maximum atomic E-state index is 12.2. The Morgan fingerprint density at radius 3 is 2.57 bits per heavy atom. The monoisotopic (exact) mass is 298 g/mol. The molecule has 3 nitrogen and oxygen atoms in total. The molecular formula is C15H17F3N2O. The molecule has 0 unspecified atom stereocenters. The number of nitrogens with two attached hydrogens (primary N) is 1. The van der Waals surface area contributed by atoms with E-state index in [4.69, 9.17) is 5.73 Å². The highest BCUT2D eigenvalue weighted by molar-refractivity contribution is 5.94.